The number of hydrogen-bond donors (Lipinski definition) is 0. The summed E-state index contributed by atoms with van der Waals surface area (Å²) in [7, 11) is -3.64. The lowest BCUT2D eigenvalue weighted by Gasteiger charge is -2.00. The Hall–Kier alpha value is -0.960. The number of halogens is 1. The van der Waals surface area contributed by atoms with Crippen molar-refractivity contribution in [1.29, 1.82) is 0 Å². The number of sulfonamides is 1. The standard InChI is InChI=1S/C13H11BrN2O2S3/c1-2-16-10-6-5-9(14)8-11(10)20-13(16)15-21(17,18)12-4-3-7-19-12/h3-8H,2H2,1H3. The van der Waals surface area contributed by atoms with E-state index in [-0.39, 0.29) is 4.21 Å². The number of hydrogen-bond acceptors (Lipinski definition) is 4. The van der Waals surface area contributed by atoms with Crippen LogP contribution in [0.3, 0.4) is 0 Å². The topological polar surface area (TPSA) is 51.4 Å². The normalized spacial score (nSPS) is 13.1. The molecule has 0 radical (unpaired) electrons. The van der Waals surface area contributed by atoms with Crippen LogP contribution in [0.25, 0.3) is 10.2 Å². The van der Waals surface area contributed by atoms with Gasteiger partial charge in [0.15, 0.2) is 0 Å². The third-order valence-electron chi connectivity index (χ3n) is 2.91. The van der Waals surface area contributed by atoms with Gasteiger partial charge >= 0.3 is 0 Å². The summed E-state index contributed by atoms with van der Waals surface area (Å²) in [5.41, 5.74) is 0.992. The Balaban J connectivity index is 2.27. The minimum absolute atomic E-state index is 0.267. The molecule has 8 heteroatoms. The van der Waals surface area contributed by atoms with E-state index < -0.39 is 10.0 Å². The molecule has 0 aliphatic carbocycles. The van der Waals surface area contributed by atoms with Crippen molar-refractivity contribution in [2.24, 2.45) is 4.40 Å². The number of rotatable bonds is 3. The van der Waals surface area contributed by atoms with Crippen molar-refractivity contribution in [2.45, 2.75) is 17.7 Å². The van der Waals surface area contributed by atoms with Crippen LogP contribution in [0.4, 0.5) is 0 Å². The number of thiazole rings is 1. The number of fused-ring (bicyclic) bond motifs is 1. The third kappa shape index (κ3) is 2.85. The second-order valence-corrected chi connectivity index (χ2v) is 8.94. The Morgan fingerprint density at radius 1 is 1.33 bits per heavy atom. The van der Waals surface area contributed by atoms with Gasteiger partial charge in [-0.3, -0.25) is 0 Å². The predicted molar refractivity (Wildman–Crippen MR) is 90.3 cm³/mol. The van der Waals surface area contributed by atoms with E-state index in [0.717, 1.165) is 14.7 Å². The van der Waals surface area contributed by atoms with Gasteiger partial charge in [-0.15, -0.1) is 15.7 Å². The molecule has 0 saturated carbocycles. The first kappa shape index (κ1) is 15.0. The summed E-state index contributed by atoms with van der Waals surface area (Å²) in [6.07, 6.45) is 0. The molecule has 110 valence electrons. The summed E-state index contributed by atoms with van der Waals surface area (Å²) in [4.78, 5) is 0.499. The third-order valence-corrected chi connectivity index (χ3v) is 7.20. The van der Waals surface area contributed by atoms with E-state index in [9.17, 15) is 8.42 Å². The smallest absolute Gasteiger partial charge is 0.294 e. The Morgan fingerprint density at radius 2 is 2.14 bits per heavy atom. The molecule has 0 N–H and O–H groups in total. The van der Waals surface area contributed by atoms with Crippen molar-refractivity contribution < 1.29 is 8.42 Å². The quantitative estimate of drug-likeness (QED) is 0.667. The zero-order valence-electron chi connectivity index (χ0n) is 11.0. The molecule has 0 saturated heterocycles. The van der Waals surface area contributed by atoms with E-state index in [4.69, 9.17) is 0 Å². The lowest BCUT2D eigenvalue weighted by Crippen LogP contribution is -2.15. The fraction of sp³-hybridized carbons (Fsp3) is 0.154. The van der Waals surface area contributed by atoms with Gasteiger partial charge < -0.3 is 4.57 Å². The molecule has 3 aromatic rings. The lowest BCUT2D eigenvalue weighted by molar-refractivity contribution is 0.597. The van der Waals surface area contributed by atoms with E-state index in [2.05, 4.69) is 20.3 Å². The summed E-state index contributed by atoms with van der Waals surface area (Å²) in [6, 6.07) is 9.17. The molecule has 0 amide bonds. The number of benzene rings is 1. The van der Waals surface area contributed by atoms with Gasteiger partial charge in [-0.2, -0.15) is 8.42 Å². The zero-order valence-corrected chi connectivity index (χ0v) is 15.0. The predicted octanol–water partition coefficient (Wildman–Crippen LogP) is 3.84. The van der Waals surface area contributed by atoms with Crippen molar-refractivity contribution in [3.8, 4) is 0 Å². The maximum Gasteiger partial charge on any atom is 0.294 e. The van der Waals surface area contributed by atoms with Crippen LogP contribution in [0.15, 0.2) is 48.8 Å². The average molecular weight is 403 g/mol. The summed E-state index contributed by atoms with van der Waals surface area (Å²) < 4.78 is 32.8. The molecule has 0 spiro atoms. The Labute approximate surface area is 138 Å². The van der Waals surface area contributed by atoms with Crippen LogP contribution >= 0.6 is 38.6 Å². The highest BCUT2D eigenvalue weighted by atomic mass is 79.9. The maximum absolute atomic E-state index is 12.3. The van der Waals surface area contributed by atoms with Crippen molar-refractivity contribution in [3.05, 3.63) is 45.0 Å². The first-order chi connectivity index (χ1) is 10.0. The molecule has 4 nitrogen and oxygen atoms in total. The van der Waals surface area contributed by atoms with Gasteiger partial charge in [-0.25, -0.2) is 0 Å². The summed E-state index contributed by atoms with van der Waals surface area (Å²) in [5, 5.41) is 1.73. The molecule has 2 heterocycles. The van der Waals surface area contributed by atoms with Gasteiger partial charge in [0.05, 0.1) is 10.2 Å². The number of aryl methyl sites for hydroxylation is 1. The SMILES string of the molecule is CCn1c(=NS(=O)(=O)c2cccs2)sc2cc(Br)ccc21. The second-order valence-electron chi connectivity index (χ2n) is 4.24. The van der Waals surface area contributed by atoms with Crippen molar-refractivity contribution >= 4 is 58.8 Å². The van der Waals surface area contributed by atoms with E-state index >= 15 is 0 Å². The second kappa shape index (κ2) is 5.68. The highest BCUT2D eigenvalue weighted by Crippen LogP contribution is 2.23. The minimum Gasteiger partial charge on any atom is -0.316 e. The molecule has 3 rings (SSSR count). The highest BCUT2D eigenvalue weighted by Gasteiger charge is 2.15. The van der Waals surface area contributed by atoms with Crippen LogP contribution in [0.2, 0.25) is 0 Å². The molecule has 2 aromatic heterocycles. The number of thiophene rings is 1. The van der Waals surface area contributed by atoms with Gasteiger partial charge in [0.25, 0.3) is 10.0 Å². The van der Waals surface area contributed by atoms with Gasteiger partial charge in [0, 0.05) is 11.0 Å². The molecule has 1 aromatic carbocycles. The van der Waals surface area contributed by atoms with E-state index in [1.807, 2.05) is 29.7 Å². The first-order valence-electron chi connectivity index (χ1n) is 6.14. The largest absolute Gasteiger partial charge is 0.316 e. The minimum atomic E-state index is -3.64. The fourth-order valence-electron chi connectivity index (χ4n) is 1.98. The molecule has 0 unspecified atom stereocenters. The van der Waals surface area contributed by atoms with Crippen LogP contribution < -0.4 is 4.80 Å². The fourth-order valence-corrected chi connectivity index (χ4v) is 5.80. The Kier molecular flexibility index (Phi) is 4.04. The Morgan fingerprint density at radius 3 is 2.81 bits per heavy atom. The molecule has 0 fully saturated rings. The van der Waals surface area contributed by atoms with Crippen LogP contribution in [0.1, 0.15) is 6.92 Å². The molecule has 0 aliphatic heterocycles. The van der Waals surface area contributed by atoms with Gasteiger partial charge in [0.2, 0.25) is 4.80 Å². The van der Waals surface area contributed by atoms with E-state index in [1.54, 1.807) is 17.5 Å². The van der Waals surface area contributed by atoms with E-state index in [0.29, 0.717) is 11.3 Å². The Bertz CT molecular complexity index is 953. The maximum atomic E-state index is 12.3. The zero-order chi connectivity index (χ0) is 15.0. The lowest BCUT2D eigenvalue weighted by atomic mass is 10.3. The van der Waals surface area contributed by atoms with Crippen molar-refractivity contribution in [3.63, 3.8) is 0 Å². The summed E-state index contributed by atoms with van der Waals surface area (Å²) >= 11 is 5.99. The molecular weight excluding hydrogens is 392 g/mol. The average Bonchev–Trinajstić information content (AvgIpc) is 3.04. The van der Waals surface area contributed by atoms with Crippen LogP contribution in [-0.4, -0.2) is 13.0 Å². The number of nitrogens with zero attached hydrogens (tertiary/aromatic N) is 2. The first-order valence-corrected chi connectivity index (χ1v) is 10.1. The molecular formula is C13H11BrN2O2S3. The highest BCUT2D eigenvalue weighted by molar-refractivity contribution is 9.10. The van der Waals surface area contributed by atoms with Gasteiger partial charge in [0.1, 0.15) is 4.21 Å². The van der Waals surface area contributed by atoms with Crippen LogP contribution in [-0.2, 0) is 16.6 Å². The van der Waals surface area contributed by atoms with Gasteiger partial charge in [-0.1, -0.05) is 33.3 Å². The monoisotopic (exact) mass is 402 g/mol. The molecule has 0 atom stereocenters. The number of aromatic nitrogens is 1. The van der Waals surface area contributed by atoms with Gasteiger partial charge in [-0.05, 0) is 36.6 Å². The summed E-state index contributed by atoms with van der Waals surface area (Å²) in [6.45, 7) is 2.64. The van der Waals surface area contributed by atoms with Crippen molar-refractivity contribution in [2.75, 3.05) is 0 Å². The summed E-state index contributed by atoms with van der Waals surface area (Å²) in [5.74, 6) is 0. The van der Waals surface area contributed by atoms with Crippen LogP contribution in [0, 0.1) is 0 Å². The molecule has 0 aliphatic rings. The van der Waals surface area contributed by atoms with Crippen molar-refractivity contribution in [1.82, 2.24) is 4.57 Å². The molecule has 0 bridgehead atoms. The van der Waals surface area contributed by atoms with Crippen LogP contribution in [0.5, 0.6) is 0 Å². The van der Waals surface area contributed by atoms with E-state index in [1.165, 1.54) is 22.7 Å². The molecule has 21 heavy (non-hydrogen) atoms.